The molecule has 1 aromatic heterocycles. The SMILES string of the molecule is COc1ccccc1-c1cc(C(=O)NC2(c3ccccc3)CCC2)no1. The van der Waals surface area contributed by atoms with E-state index >= 15 is 0 Å². The topological polar surface area (TPSA) is 64.4 Å². The molecule has 1 aliphatic rings. The number of rotatable bonds is 5. The van der Waals surface area contributed by atoms with Crippen LogP contribution in [0.3, 0.4) is 0 Å². The van der Waals surface area contributed by atoms with Gasteiger partial charge in [0.15, 0.2) is 11.5 Å². The Balaban J connectivity index is 1.57. The van der Waals surface area contributed by atoms with Crippen molar-refractivity contribution in [3.63, 3.8) is 0 Å². The highest BCUT2D eigenvalue weighted by molar-refractivity contribution is 5.94. The van der Waals surface area contributed by atoms with Crippen molar-refractivity contribution in [2.24, 2.45) is 0 Å². The molecule has 0 saturated heterocycles. The van der Waals surface area contributed by atoms with Gasteiger partial charge in [0.2, 0.25) is 0 Å². The van der Waals surface area contributed by atoms with Crippen LogP contribution >= 0.6 is 0 Å². The highest BCUT2D eigenvalue weighted by Gasteiger charge is 2.40. The highest BCUT2D eigenvalue weighted by Crippen LogP contribution is 2.41. The van der Waals surface area contributed by atoms with E-state index in [9.17, 15) is 4.79 Å². The second-order valence-corrected chi connectivity index (χ2v) is 6.53. The van der Waals surface area contributed by atoms with E-state index in [4.69, 9.17) is 9.26 Å². The summed E-state index contributed by atoms with van der Waals surface area (Å²) in [6.07, 6.45) is 2.96. The van der Waals surface area contributed by atoms with E-state index < -0.39 is 0 Å². The predicted molar refractivity (Wildman–Crippen MR) is 97.9 cm³/mol. The third kappa shape index (κ3) is 2.86. The van der Waals surface area contributed by atoms with E-state index in [1.54, 1.807) is 13.2 Å². The maximum atomic E-state index is 12.8. The summed E-state index contributed by atoms with van der Waals surface area (Å²) in [5.41, 5.74) is 1.87. The maximum absolute atomic E-state index is 12.8. The van der Waals surface area contributed by atoms with Gasteiger partial charge in [-0.1, -0.05) is 47.6 Å². The fourth-order valence-electron chi connectivity index (χ4n) is 3.41. The minimum absolute atomic E-state index is 0.224. The lowest BCUT2D eigenvalue weighted by molar-refractivity contribution is 0.0814. The molecule has 1 heterocycles. The lowest BCUT2D eigenvalue weighted by Gasteiger charge is -2.42. The van der Waals surface area contributed by atoms with Crippen molar-refractivity contribution in [1.82, 2.24) is 10.5 Å². The van der Waals surface area contributed by atoms with Crippen molar-refractivity contribution in [3.05, 3.63) is 71.9 Å². The average molecular weight is 348 g/mol. The van der Waals surface area contributed by atoms with Crippen molar-refractivity contribution < 1.29 is 14.1 Å². The molecule has 26 heavy (non-hydrogen) atoms. The molecular formula is C21H20N2O3. The molecule has 3 aromatic rings. The first-order chi connectivity index (χ1) is 12.7. The first-order valence-corrected chi connectivity index (χ1v) is 8.70. The first-order valence-electron chi connectivity index (χ1n) is 8.70. The minimum Gasteiger partial charge on any atom is -0.496 e. The number of nitrogens with zero attached hydrogens (tertiary/aromatic N) is 1. The number of benzene rings is 2. The molecule has 4 rings (SSSR count). The lowest BCUT2D eigenvalue weighted by atomic mass is 9.71. The van der Waals surface area contributed by atoms with Crippen LogP contribution in [0, 0.1) is 0 Å². The summed E-state index contributed by atoms with van der Waals surface area (Å²) >= 11 is 0. The summed E-state index contributed by atoms with van der Waals surface area (Å²) in [4.78, 5) is 12.8. The number of hydrogen-bond donors (Lipinski definition) is 1. The van der Waals surface area contributed by atoms with E-state index in [0.717, 1.165) is 30.4 Å². The van der Waals surface area contributed by atoms with Gasteiger partial charge in [-0.2, -0.15) is 0 Å². The van der Waals surface area contributed by atoms with Gasteiger partial charge < -0.3 is 14.6 Å². The number of para-hydroxylation sites is 1. The number of hydrogen-bond acceptors (Lipinski definition) is 4. The lowest BCUT2D eigenvalue weighted by Crippen LogP contribution is -2.50. The molecule has 0 aliphatic heterocycles. The fraction of sp³-hybridized carbons (Fsp3) is 0.238. The Bertz CT molecular complexity index is 914. The highest BCUT2D eigenvalue weighted by atomic mass is 16.5. The molecule has 0 radical (unpaired) electrons. The van der Waals surface area contributed by atoms with Crippen LogP contribution in [0.4, 0.5) is 0 Å². The average Bonchev–Trinajstić information content (AvgIpc) is 3.15. The quantitative estimate of drug-likeness (QED) is 0.752. The van der Waals surface area contributed by atoms with Gasteiger partial charge >= 0.3 is 0 Å². The third-order valence-corrected chi connectivity index (χ3v) is 5.00. The summed E-state index contributed by atoms with van der Waals surface area (Å²) in [7, 11) is 1.60. The molecular weight excluding hydrogens is 328 g/mol. The summed E-state index contributed by atoms with van der Waals surface area (Å²) < 4.78 is 10.7. The summed E-state index contributed by atoms with van der Waals surface area (Å²) in [5.74, 6) is 0.962. The number of amides is 1. The standard InChI is InChI=1S/C21H20N2O3/c1-25-18-11-6-5-10-16(18)19-14-17(23-26-19)20(24)22-21(12-7-13-21)15-8-3-2-4-9-15/h2-6,8-11,14H,7,12-13H2,1H3,(H,22,24). The predicted octanol–water partition coefficient (Wildman–Crippen LogP) is 4.16. The minimum atomic E-state index is -0.304. The summed E-state index contributed by atoms with van der Waals surface area (Å²) in [5, 5.41) is 7.12. The molecule has 0 unspecified atom stereocenters. The Kier molecular flexibility index (Phi) is 4.21. The van der Waals surface area contributed by atoms with Gasteiger partial charge in [0.25, 0.3) is 5.91 Å². The van der Waals surface area contributed by atoms with Crippen LogP contribution in [0.1, 0.15) is 35.3 Å². The van der Waals surface area contributed by atoms with Gasteiger partial charge in [0.05, 0.1) is 18.2 Å². The largest absolute Gasteiger partial charge is 0.496 e. The number of ether oxygens (including phenoxy) is 1. The van der Waals surface area contributed by atoms with Gasteiger partial charge in [-0.05, 0) is 37.0 Å². The second kappa shape index (κ2) is 6.67. The van der Waals surface area contributed by atoms with E-state index in [-0.39, 0.29) is 17.1 Å². The molecule has 0 bridgehead atoms. The fourth-order valence-corrected chi connectivity index (χ4v) is 3.41. The molecule has 0 spiro atoms. The van der Waals surface area contributed by atoms with Crippen molar-refractivity contribution >= 4 is 5.91 Å². The molecule has 1 saturated carbocycles. The normalized spacial score (nSPS) is 15.1. The zero-order chi connectivity index (χ0) is 18.0. The van der Waals surface area contributed by atoms with Crippen molar-refractivity contribution in [2.45, 2.75) is 24.8 Å². The van der Waals surface area contributed by atoms with Crippen LogP contribution in [-0.2, 0) is 5.54 Å². The Morgan fingerprint density at radius 1 is 1.12 bits per heavy atom. The summed E-state index contributed by atoms with van der Waals surface area (Å²) in [6.45, 7) is 0. The number of carbonyl (C=O) groups is 1. The number of nitrogens with one attached hydrogen (secondary N) is 1. The number of carbonyl (C=O) groups excluding carboxylic acids is 1. The van der Waals surface area contributed by atoms with Crippen LogP contribution in [-0.4, -0.2) is 18.2 Å². The first kappa shape index (κ1) is 16.4. The molecule has 1 amide bonds. The van der Waals surface area contributed by atoms with Crippen LogP contribution in [0.15, 0.2) is 65.2 Å². The maximum Gasteiger partial charge on any atom is 0.274 e. The molecule has 5 heteroatoms. The third-order valence-electron chi connectivity index (χ3n) is 5.00. The van der Waals surface area contributed by atoms with Gasteiger partial charge in [-0.3, -0.25) is 4.79 Å². The van der Waals surface area contributed by atoms with E-state index in [0.29, 0.717) is 11.5 Å². The van der Waals surface area contributed by atoms with Crippen LogP contribution < -0.4 is 10.1 Å². The Labute approximate surface area is 152 Å². The van der Waals surface area contributed by atoms with Crippen LogP contribution in [0.25, 0.3) is 11.3 Å². The van der Waals surface area contributed by atoms with Gasteiger partial charge in [-0.15, -0.1) is 0 Å². The molecule has 2 aromatic carbocycles. The number of aromatic nitrogens is 1. The molecule has 132 valence electrons. The number of methoxy groups -OCH3 is 1. The zero-order valence-electron chi connectivity index (χ0n) is 14.6. The molecule has 5 nitrogen and oxygen atoms in total. The van der Waals surface area contributed by atoms with Gasteiger partial charge in [0.1, 0.15) is 5.75 Å². The van der Waals surface area contributed by atoms with E-state index in [1.807, 2.05) is 42.5 Å². The molecule has 1 N–H and O–H groups in total. The Hall–Kier alpha value is -3.08. The molecule has 1 aliphatic carbocycles. The van der Waals surface area contributed by atoms with Crippen LogP contribution in [0.5, 0.6) is 5.75 Å². The second-order valence-electron chi connectivity index (χ2n) is 6.53. The molecule has 1 fully saturated rings. The summed E-state index contributed by atoms with van der Waals surface area (Å²) in [6, 6.07) is 19.2. The van der Waals surface area contributed by atoms with Crippen LogP contribution in [0.2, 0.25) is 0 Å². The monoisotopic (exact) mass is 348 g/mol. The Morgan fingerprint density at radius 3 is 2.54 bits per heavy atom. The van der Waals surface area contributed by atoms with Crippen molar-refractivity contribution in [3.8, 4) is 17.1 Å². The van der Waals surface area contributed by atoms with Crippen molar-refractivity contribution in [2.75, 3.05) is 7.11 Å². The van der Waals surface area contributed by atoms with Crippen molar-refractivity contribution in [1.29, 1.82) is 0 Å². The smallest absolute Gasteiger partial charge is 0.274 e. The van der Waals surface area contributed by atoms with E-state index in [2.05, 4.69) is 22.6 Å². The zero-order valence-corrected chi connectivity index (χ0v) is 14.6. The van der Waals surface area contributed by atoms with Gasteiger partial charge in [-0.25, -0.2) is 0 Å². The Morgan fingerprint density at radius 2 is 1.85 bits per heavy atom. The van der Waals surface area contributed by atoms with Gasteiger partial charge in [0, 0.05) is 6.07 Å². The molecule has 0 atom stereocenters. The van der Waals surface area contributed by atoms with E-state index in [1.165, 1.54) is 0 Å².